The monoisotopic (exact) mass is 489 g/mol. The Hall–Kier alpha value is -5.30. The van der Waals surface area contributed by atoms with Crippen molar-refractivity contribution in [2.24, 2.45) is 5.73 Å². The predicted molar refractivity (Wildman–Crippen MR) is 142 cm³/mol. The number of carbonyl (C=O) groups excluding carboxylic acids is 2. The number of primary amides is 1. The summed E-state index contributed by atoms with van der Waals surface area (Å²) in [6.07, 6.45) is 0. The van der Waals surface area contributed by atoms with Gasteiger partial charge in [-0.3, -0.25) is 9.59 Å². The molecule has 182 valence electrons. The Bertz CT molecular complexity index is 1540. The van der Waals surface area contributed by atoms with Crippen LogP contribution in [0, 0.1) is 0 Å². The van der Waals surface area contributed by atoms with E-state index < -0.39 is 5.91 Å². The van der Waals surface area contributed by atoms with Gasteiger partial charge >= 0.3 is 0 Å². The van der Waals surface area contributed by atoms with Crippen LogP contribution in [0.3, 0.4) is 0 Å². The van der Waals surface area contributed by atoms with Gasteiger partial charge in [0.05, 0.1) is 16.9 Å². The molecule has 5 aromatic rings. The van der Waals surface area contributed by atoms with Crippen LogP contribution in [-0.4, -0.2) is 16.7 Å². The first-order valence-corrected chi connectivity index (χ1v) is 11.5. The average Bonchev–Trinajstić information content (AvgIpc) is 3.27. The van der Waals surface area contributed by atoms with Crippen molar-refractivity contribution in [3.63, 3.8) is 0 Å². The number of rotatable bonds is 8. The van der Waals surface area contributed by atoms with E-state index in [1.807, 2.05) is 60.7 Å². The first-order valence-electron chi connectivity index (χ1n) is 11.5. The lowest BCUT2D eigenvalue weighted by molar-refractivity contribution is 0.100. The van der Waals surface area contributed by atoms with Gasteiger partial charge in [0.15, 0.2) is 0 Å². The number of hydrogen-bond acceptors (Lipinski definition) is 5. The Kier molecular flexibility index (Phi) is 6.42. The summed E-state index contributed by atoms with van der Waals surface area (Å²) >= 11 is 0. The summed E-state index contributed by atoms with van der Waals surface area (Å²) in [5, 5.41) is 0. The summed E-state index contributed by atoms with van der Waals surface area (Å²) in [7, 11) is 0. The average molecular weight is 490 g/mol. The number of ketones is 1. The fourth-order valence-corrected chi connectivity index (χ4v) is 3.92. The lowest BCUT2D eigenvalue weighted by atomic mass is 10.0. The van der Waals surface area contributed by atoms with Crippen molar-refractivity contribution in [3.8, 4) is 34.3 Å². The number of aromatic nitrogens is 1. The first kappa shape index (κ1) is 23.4. The molecule has 7 nitrogen and oxygen atoms in total. The number of anilines is 1. The van der Waals surface area contributed by atoms with Crippen LogP contribution in [0.15, 0.2) is 109 Å². The SMILES string of the molecule is NC(=O)c1c(-c2ccc(Oc3ccccc3)cc2)[nH]c(C(=O)c2ccc(Oc3ccccc3)cc2)c1N. The molecule has 0 radical (unpaired) electrons. The molecule has 5 rings (SSSR count). The molecule has 0 atom stereocenters. The molecule has 37 heavy (non-hydrogen) atoms. The maximum absolute atomic E-state index is 13.3. The quantitative estimate of drug-likeness (QED) is 0.225. The van der Waals surface area contributed by atoms with Crippen LogP contribution in [-0.2, 0) is 0 Å². The maximum atomic E-state index is 13.3. The molecule has 1 amide bonds. The Morgan fingerprint density at radius 3 is 1.57 bits per heavy atom. The van der Waals surface area contributed by atoms with E-state index in [0.29, 0.717) is 39.8 Å². The zero-order valence-electron chi connectivity index (χ0n) is 19.7. The second-order valence-corrected chi connectivity index (χ2v) is 8.24. The van der Waals surface area contributed by atoms with Crippen LogP contribution < -0.4 is 20.9 Å². The highest BCUT2D eigenvalue weighted by atomic mass is 16.5. The number of benzene rings is 4. The number of ether oxygens (including phenoxy) is 2. The number of amides is 1. The fourth-order valence-electron chi connectivity index (χ4n) is 3.92. The van der Waals surface area contributed by atoms with Gasteiger partial charge in [0, 0.05) is 5.56 Å². The van der Waals surface area contributed by atoms with Gasteiger partial charge < -0.3 is 25.9 Å². The van der Waals surface area contributed by atoms with Crippen molar-refractivity contribution in [3.05, 3.63) is 126 Å². The van der Waals surface area contributed by atoms with Gasteiger partial charge in [0.25, 0.3) is 5.91 Å². The topological polar surface area (TPSA) is 120 Å². The minimum atomic E-state index is -0.737. The van der Waals surface area contributed by atoms with Crippen LogP contribution >= 0.6 is 0 Å². The number of H-pyrrole nitrogens is 1. The van der Waals surface area contributed by atoms with Crippen molar-refractivity contribution in [1.29, 1.82) is 0 Å². The van der Waals surface area contributed by atoms with Gasteiger partial charge in [-0.05, 0) is 78.4 Å². The highest BCUT2D eigenvalue weighted by Gasteiger charge is 2.25. The van der Waals surface area contributed by atoms with Crippen molar-refractivity contribution >= 4 is 17.4 Å². The maximum Gasteiger partial charge on any atom is 0.253 e. The molecule has 0 aliphatic carbocycles. The standard InChI is InChI=1S/C30H23N3O4/c31-26-25(30(32)35)27(19-11-15-23(16-12-19)36-21-7-3-1-4-8-21)33-28(26)29(34)20-13-17-24(18-14-20)37-22-9-5-2-6-10-22/h1-18,33H,31H2,(H2,32,35). The molecule has 0 saturated heterocycles. The van der Waals surface area contributed by atoms with Crippen LogP contribution in [0.2, 0.25) is 0 Å². The van der Waals surface area contributed by atoms with Crippen molar-refractivity contribution in [2.45, 2.75) is 0 Å². The minimum Gasteiger partial charge on any atom is -0.457 e. The highest BCUT2D eigenvalue weighted by Crippen LogP contribution is 2.33. The van der Waals surface area contributed by atoms with Crippen LogP contribution in [0.25, 0.3) is 11.3 Å². The molecule has 0 fully saturated rings. The van der Waals surface area contributed by atoms with Crippen LogP contribution in [0.5, 0.6) is 23.0 Å². The number of para-hydroxylation sites is 2. The van der Waals surface area contributed by atoms with Crippen LogP contribution in [0.1, 0.15) is 26.4 Å². The molecule has 4 aromatic carbocycles. The lowest BCUT2D eigenvalue weighted by Crippen LogP contribution is -2.14. The van der Waals surface area contributed by atoms with E-state index in [-0.39, 0.29) is 22.7 Å². The number of nitrogen functional groups attached to an aromatic ring is 1. The lowest BCUT2D eigenvalue weighted by Gasteiger charge is -2.07. The Morgan fingerprint density at radius 1 is 0.622 bits per heavy atom. The summed E-state index contributed by atoms with van der Waals surface area (Å²) in [6.45, 7) is 0. The van der Waals surface area contributed by atoms with Gasteiger partial charge in [-0.1, -0.05) is 36.4 Å². The molecule has 1 aromatic heterocycles. The molecule has 0 aliphatic heterocycles. The number of aromatic amines is 1. The first-order chi connectivity index (χ1) is 18.0. The normalized spacial score (nSPS) is 10.6. The van der Waals surface area contributed by atoms with E-state index in [1.165, 1.54) is 0 Å². The molecule has 0 saturated carbocycles. The highest BCUT2D eigenvalue weighted by molar-refractivity contribution is 6.16. The van der Waals surface area contributed by atoms with E-state index in [4.69, 9.17) is 20.9 Å². The Labute approximate surface area is 213 Å². The summed E-state index contributed by atoms with van der Waals surface area (Å²) in [5.74, 6) is 1.47. The van der Waals surface area contributed by atoms with Crippen molar-refractivity contribution in [1.82, 2.24) is 4.98 Å². The Morgan fingerprint density at radius 2 is 1.08 bits per heavy atom. The zero-order chi connectivity index (χ0) is 25.8. The van der Waals surface area contributed by atoms with E-state index in [0.717, 1.165) is 0 Å². The Balaban J connectivity index is 1.40. The van der Waals surface area contributed by atoms with Gasteiger partial charge in [0.2, 0.25) is 5.78 Å². The third kappa shape index (κ3) is 5.06. The molecular weight excluding hydrogens is 466 g/mol. The predicted octanol–water partition coefficient (Wildman–Crippen LogP) is 6.18. The van der Waals surface area contributed by atoms with Crippen molar-refractivity contribution < 1.29 is 19.1 Å². The number of carbonyl (C=O) groups is 2. The van der Waals surface area contributed by atoms with E-state index in [9.17, 15) is 9.59 Å². The third-order valence-corrected chi connectivity index (χ3v) is 5.73. The van der Waals surface area contributed by atoms with E-state index >= 15 is 0 Å². The zero-order valence-corrected chi connectivity index (χ0v) is 19.7. The molecule has 7 heteroatoms. The van der Waals surface area contributed by atoms with Gasteiger partial charge in [0.1, 0.15) is 28.7 Å². The fraction of sp³-hybridized carbons (Fsp3) is 0. The van der Waals surface area contributed by atoms with Crippen molar-refractivity contribution in [2.75, 3.05) is 5.73 Å². The second kappa shape index (κ2) is 10.1. The van der Waals surface area contributed by atoms with Gasteiger partial charge in [-0.25, -0.2) is 0 Å². The molecule has 0 unspecified atom stereocenters. The molecular formula is C30H23N3O4. The van der Waals surface area contributed by atoms with Gasteiger partial charge in [-0.2, -0.15) is 0 Å². The largest absolute Gasteiger partial charge is 0.457 e. The van der Waals surface area contributed by atoms with E-state index in [2.05, 4.69) is 4.98 Å². The van der Waals surface area contributed by atoms with Crippen LogP contribution in [0.4, 0.5) is 5.69 Å². The molecule has 0 aliphatic rings. The molecule has 1 heterocycles. The second-order valence-electron chi connectivity index (χ2n) is 8.24. The molecule has 0 bridgehead atoms. The summed E-state index contributed by atoms with van der Waals surface area (Å²) in [6, 6.07) is 32.4. The number of nitrogens with one attached hydrogen (secondary N) is 1. The summed E-state index contributed by atoms with van der Waals surface area (Å²) in [4.78, 5) is 28.6. The molecule has 5 N–H and O–H groups in total. The van der Waals surface area contributed by atoms with Gasteiger partial charge in [-0.15, -0.1) is 0 Å². The van der Waals surface area contributed by atoms with E-state index in [1.54, 1.807) is 48.5 Å². The minimum absolute atomic E-state index is 0.00160. The number of hydrogen-bond donors (Lipinski definition) is 3. The smallest absolute Gasteiger partial charge is 0.253 e. The summed E-state index contributed by atoms with van der Waals surface area (Å²) in [5.41, 5.74) is 13.4. The summed E-state index contributed by atoms with van der Waals surface area (Å²) < 4.78 is 11.6. The molecule has 0 spiro atoms. The third-order valence-electron chi connectivity index (χ3n) is 5.73. The number of nitrogens with two attached hydrogens (primary N) is 2.